The predicted molar refractivity (Wildman–Crippen MR) is 108 cm³/mol. The van der Waals surface area contributed by atoms with Crippen LogP contribution in [0.1, 0.15) is 44.1 Å². The van der Waals surface area contributed by atoms with E-state index in [-0.39, 0.29) is 29.5 Å². The number of carbonyl (C=O) groups excluding carboxylic acids is 2. The molecule has 5 nitrogen and oxygen atoms in total. The van der Waals surface area contributed by atoms with Gasteiger partial charge in [-0.3, -0.25) is 9.59 Å². The Bertz CT molecular complexity index is 739. The summed E-state index contributed by atoms with van der Waals surface area (Å²) in [4.78, 5) is 29.2. The molecule has 0 N–H and O–H groups in total. The van der Waals surface area contributed by atoms with Crippen molar-refractivity contribution in [1.29, 1.82) is 0 Å². The average molecular weight is 403 g/mol. The van der Waals surface area contributed by atoms with Crippen molar-refractivity contribution in [3.05, 3.63) is 35.6 Å². The molecule has 3 aliphatic heterocycles. The maximum atomic E-state index is 13.4. The van der Waals surface area contributed by atoms with Crippen LogP contribution in [-0.2, 0) is 20.7 Å². The van der Waals surface area contributed by atoms with Crippen molar-refractivity contribution < 1.29 is 18.7 Å². The Morgan fingerprint density at radius 1 is 1.17 bits per heavy atom. The molecule has 0 unspecified atom stereocenters. The van der Waals surface area contributed by atoms with E-state index in [4.69, 9.17) is 4.74 Å². The van der Waals surface area contributed by atoms with Gasteiger partial charge in [-0.1, -0.05) is 12.1 Å². The zero-order valence-electron chi connectivity index (χ0n) is 17.1. The Hall–Kier alpha value is -1.95. The number of ether oxygens (including phenoxy) is 1. The number of nitrogens with zero attached hydrogens (tertiary/aromatic N) is 2. The molecule has 3 heterocycles. The highest BCUT2D eigenvalue weighted by Crippen LogP contribution is 2.40. The highest BCUT2D eigenvalue weighted by Gasteiger charge is 2.42. The minimum atomic E-state index is -0.301. The van der Waals surface area contributed by atoms with Gasteiger partial charge in [0.05, 0.1) is 6.42 Å². The van der Waals surface area contributed by atoms with Crippen LogP contribution in [0.15, 0.2) is 24.3 Å². The van der Waals surface area contributed by atoms with Crippen molar-refractivity contribution in [3.63, 3.8) is 0 Å². The lowest BCUT2D eigenvalue weighted by atomic mass is 9.72. The average Bonchev–Trinajstić information content (AvgIpc) is 2.72. The van der Waals surface area contributed by atoms with E-state index in [1.807, 2.05) is 4.90 Å². The molecule has 0 aromatic heterocycles. The molecule has 1 spiro atoms. The van der Waals surface area contributed by atoms with Gasteiger partial charge in [0, 0.05) is 45.8 Å². The topological polar surface area (TPSA) is 49.9 Å². The van der Waals surface area contributed by atoms with Gasteiger partial charge in [-0.15, -0.1) is 0 Å². The second-order valence-electron chi connectivity index (χ2n) is 9.02. The van der Waals surface area contributed by atoms with Gasteiger partial charge in [0.1, 0.15) is 5.82 Å². The van der Waals surface area contributed by atoms with Crippen molar-refractivity contribution in [2.75, 3.05) is 39.4 Å². The van der Waals surface area contributed by atoms with E-state index in [2.05, 4.69) is 4.90 Å². The van der Waals surface area contributed by atoms with Crippen LogP contribution in [0, 0.1) is 17.2 Å². The smallest absolute Gasteiger partial charge is 0.226 e. The molecule has 1 aromatic rings. The van der Waals surface area contributed by atoms with Crippen molar-refractivity contribution in [2.24, 2.45) is 11.3 Å². The molecule has 0 radical (unpaired) electrons. The molecule has 158 valence electrons. The first-order chi connectivity index (χ1) is 14.0. The van der Waals surface area contributed by atoms with Gasteiger partial charge >= 0.3 is 0 Å². The van der Waals surface area contributed by atoms with Crippen LogP contribution < -0.4 is 0 Å². The molecule has 0 bridgehead atoms. The number of hydrogen-bond acceptors (Lipinski definition) is 3. The van der Waals surface area contributed by atoms with Crippen LogP contribution in [0.4, 0.5) is 4.39 Å². The van der Waals surface area contributed by atoms with Gasteiger partial charge in [-0.25, -0.2) is 4.39 Å². The lowest BCUT2D eigenvalue weighted by Crippen LogP contribution is -2.53. The number of carbonyl (C=O) groups is 2. The molecule has 6 heteroatoms. The van der Waals surface area contributed by atoms with E-state index < -0.39 is 0 Å². The molecule has 4 rings (SSSR count). The van der Waals surface area contributed by atoms with Crippen molar-refractivity contribution in [1.82, 2.24) is 9.80 Å². The first-order valence-corrected chi connectivity index (χ1v) is 10.9. The number of rotatable bonds is 4. The fourth-order valence-electron chi connectivity index (χ4n) is 5.08. The Kier molecular flexibility index (Phi) is 6.18. The Balaban J connectivity index is 1.31. The molecule has 0 atom stereocenters. The monoisotopic (exact) mass is 402 g/mol. The van der Waals surface area contributed by atoms with Gasteiger partial charge in [0.15, 0.2) is 0 Å². The first kappa shape index (κ1) is 20.3. The van der Waals surface area contributed by atoms with Crippen molar-refractivity contribution in [3.8, 4) is 0 Å². The summed E-state index contributed by atoms with van der Waals surface area (Å²) >= 11 is 0. The molecule has 0 saturated carbocycles. The van der Waals surface area contributed by atoms with Gasteiger partial charge in [-0.05, 0) is 61.1 Å². The SMILES string of the molecule is O=C(Cc1cccc(F)c1)N1CCC2(CCC(=O)N(CC3CCOCC3)C2)CC1. The summed E-state index contributed by atoms with van der Waals surface area (Å²) in [6, 6.07) is 6.28. The summed E-state index contributed by atoms with van der Waals surface area (Å²) in [5, 5.41) is 0. The minimum absolute atomic E-state index is 0.0661. The van der Waals surface area contributed by atoms with E-state index >= 15 is 0 Å². The summed E-state index contributed by atoms with van der Waals surface area (Å²) < 4.78 is 18.8. The first-order valence-electron chi connectivity index (χ1n) is 10.9. The van der Waals surface area contributed by atoms with Crippen LogP contribution in [0.2, 0.25) is 0 Å². The third-order valence-electron chi connectivity index (χ3n) is 6.99. The highest BCUT2D eigenvalue weighted by atomic mass is 19.1. The van der Waals surface area contributed by atoms with Crippen LogP contribution in [0.25, 0.3) is 0 Å². The Labute approximate surface area is 172 Å². The van der Waals surface area contributed by atoms with Gasteiger partial charge in [0.25, 0.3) is 0 Å². The van der Waals surface area contributed by atoms with Crippen LogP contribution in [-0.4, -0.2) is 61.0 Å². The summed E-state index contributed by atoms with van der Waals surface area (Å²) in [6.45, 7) is 4.75. The molecule has 29 heavy (non-hydrogen) atoms. The standard InChI is InChI=1S/C23H31FN2O3/c24-20-3-1-2-19(14-20)15-22(28)25-10-8-23(9-11-25)7-4-21(27)26(17-23)16-18-5-12-29-13-6-18/h1-3,14,18H,4-13,15-17H2. The van der Waals surface area contributed by atoms with Crippen LogP contribution in [0.3, 0.4) is 0 Å². The second-order valence-corrected chi connectivity index (χ2v) is 9.02. The highest BCUT2D eigenvalue weighted by molar-refractivity contribution is 5.79. The number of amides is 2. The normalized spacial score (nSPS) is 22.9. The zero-order valence-corrected chi connectivity index (χ0v) is 17.1. The number of hydrogen-bond donors (Lipinski definition) is 0. The van der Waals surface area contributed by atoms with Crippen LogP contribution >= 0.6 is 0 Å². The molecule has 3 saturated heterocycles. The van der Waals surface area contributed by atoms with Crippen LogP contribution in [0.5, 0.6) is 0 Å². The predicted octanol–water partition coefficient (Wildman–Crippen LogP) is 3.03. The third kappa shape index (κ3) is 4.97. The maximum Gasteiger partial charge on any atom is 0.226 e. The fourth-order valence-corrected chi connectivity index (χ4v) is 5.08. The van der Waals surface area contributed by atoms with E-state index in [9.17, 15) is 14.0 Å². The maximum absolute atomic E-state index is 13.4. The number of piperidine rings is 2. The Morgan fingerprint density at radius 2 is 1.93 bits per heavy atom. The lowest BCUT2D eigenvalue weighted by molar-refractivity contribution is -0.143. The summed E-state index contributed by atoms with van der Waals surface area (Å²) in [5.41, 5.74) is 0.871. The fraction of sp³-hybridized carbons (Fsp3) is 0.652. The molecule has 3 aliphatic rings. The third-order valence-corrected chi connectivity index (χ3v) is 6.99. The number of halogens is 1. The number of likely N-dealkylation sites (tertiary alicyclic amines) is 2. The van der Waals surface area contributed by atoms with E-state index in [0.29, 0.717) is 12.3 Å². The Morgan fingerprint density at radius 3 is 2.66 bits per heavy atom. The quantitative estimate of drug-likeness (QED) is 0.778. The van der Waals surface area contributed by atoms with Crippen molar-refractivity contribution in [2.45, 2.75) is 44.9 Å². The minimum Gasteiger partial charge on any atom is -0.381 e. The molecule has 2 amide bonds. The van der Waals surface area contributed by atoms with Gasteiger partial charge in [-0.2, -0.15) is 0 Å². The van der Waals surface area contributed by atoms with E-state index in [0.717, 1.165) is 77.1 Å². The van der Waals surface area contributed by atoms with Crippen molar-refractivity contribution >= 4 is 11.8 Å². The van der Waals surface area contributed by atoms with Gasteiger partial charge in [0.2, 0.25) is 11.8 Å². The largest absolute Gasteiger partial charge is 0.381 e. The molecule has 0 aliphatic carbocycles. The van der Waals surface area contributed by atoms with E-state index in [1.165, 1.54) is 12.1 Å². The van der Waals surface area contributed by atoms with E-state index in [1.54, 1.807) is 12.1 Å². The second kappa shape index (κ2) is 8.82. The summed E-state index contributed by atoms with van der Waals surface area (Å²) in [7, 11) is 0. The molecule has 1 aromatic carbocycles. The lowest BCUT2D eigenvalue weighted by Gasteiger charge is -2.48. The number of benzene rings is 1. The zero-order chi connectivity index (χ0) is 20.3. The summed E-state index contributed by atoms with van der Waals surface area (Å²) in [5.74, 6) is 0.600. The van der Waals surface area contributed by atoms with Gasteiger partial charge < -0.3 is 14.5 Å². The summed E-state index contributed by atoms with van der Waals surface area (Å²) in [6.07, 6.45) is 5.78. The molecule has 3 fully saturated rings. The molecular weight excluding hydrogens is 371 g/mol. The molecular formula is C23H31FN2O3.